The molecule has 216 valence electrons. The highest BCUT2D eigenvalue weighted by Gasteiger charge is 2.40. The molecule has 3 heterocycles. The van der Waals surface area contributed by atoms with Crippen molar-refractivity contribution >= 4 is 34.4 Å². The van der Waals surface area contributed by atoms with E-state index in [0.717, 1.165) is 35.1 Å². The Balaban J connectivity index is 1.32. The van der Waals surface area contributed by atoms with Crippen molar-refractivity contribution in [2.45, 2.75) is 64.7 Å². The number of aromatic nitrogens is 1. The molecule has 4 N–H and O–H groups in total. The Kier molecular flexibility index (Phi) is 8.54. The van der Waals surface area contributed by atoms with Crippen molar-refractivity contribution in [3.8, 4) is 0 Å². The van der Waals surface area contributed by atoms with Gasteiger partial charge in [0.2, 0.25) is 17.6 Å². The summed E-state index contributed by atoms with van der Waals surface area (Å²) in [5.41, 5.74) is 2.86. The van der Waals surface area contributed by atoms with Crippen molar-refractivity contribution in [2.24, 2.45) is 11.3 Å². The zero-order valence-electron chi connectivity index (χ0n) is 23.7. The van der Waals surface area contributed by atoms with Gasteiger partial charge in [-0.1, -0.05) is 62.4 Å². The first-order valence-electron chi connectivity index (χ1n) is 14.4. The number of carbonyl (C=O) groups excluding carboxylic acids is 4. The first kappa shape index (κ1) is 28.5. The van der Waals surface area contributed by atoms with Crippen LogP contribution in [0, 0.1) is 11.3 Å². The standard InChI is InChI=1S/C32H39N5O4/c1-32(2)13-15-37(20-24-16-22-10-6-7-11-25(22)35-24)27(18-32)30(40)36-26(17-23-12-14-33-29(23)39)28(38)31(41)34-19-21-8-4-3-5-9-21/h3-11,16,23,26-27,35H,12-15,17-20H2,1-2H3,(H,33,39)(H,34,41)(H,36,40)/t23-,26?,27-/m0/s1. The van der Waals surface area contributed by atoms with Gasteiger partial charge in [0, 0.05) is 36.8 Å². The molecule has 41 heavy (non-hydrogen) atoms. The van der Waals surface area contributed by atoms with Gasteiger partial charge in [-0.15, -0.1) is 0 Å². The number of para-hydroxylation sites is 1. The summed E-state index contributed by atoms with van der Waals surface area (Å²) < 4.78 is 0. The van der Waals surface area contributed by atoms with Gasteiger partial charge in [-0.2, -0.15) is 0 Å². The monoisotopic (exact) mass is 557 g/mol. The summed E-state index contributed by atoms with van der Waals surface area (Å²) >= 11 is 0. The minimum atomic E-state index is -1.09. The fourth-order valence-corrected chi connectivity index (χ4v) is 5.92. The van der Waals surface area contributed by atoms with E-state index in [1.165, 1.54) is 0 Å². The van der Waals surface area contributed by atoms with Crippen LogP contribution in [0.1, 0.15) is 50.8 Å². The second kappa shape index (κ2) is 12.3. The molecule has 2 aliphatic heterocycles. The van der Waals surface area contributed by atoms with Crippen LogP contribution < -0.4 is 16.0 Å². The highest BCUT2D eigenvalue weighted by atomic mass is 16.2. The minimum Gasteiger partial charge on any atom is -0.357 e. The van der Waals surface area contributed by atoms with Crippen LogP contribution in [-0.2, 0) is 32.3 Å². The van der Waals surface area contributed by atoms with E-state index in [4.69, 9.17) is 0 Å². The lowest BCUT2D eigenvalue weighted by Crippen LogP contribution is -2.57. The summed E-state index contributed by atoms with van der Waals surface area (Å²) in [6, 6.07) is 17.9. The van der Waals surface area contributed by atoms with Crippen LogP contribution in [0.15, 0.2) is 60.7 Å². The maximum atomic E-state index is 13.9. The number of nitrogens with zero attached hydrogens (tertiary/aromatic N) is 1. The third-order valence-electron chi connectivity index (χ3n) is 8.36. The number of benzene rings is 2. The van der Waals surface area contributed by atoms with Crippen LogP contribution >= 0.6 is 0 Å². The van der Waals surface area contributed by atoms with Gasteiger partial charge in [0.1, 0.15) is 0 Å². The summed E-state index contributed by atoms with van der Waals surface area (Å²) in [7, 11) is 0. The van der Waals surface area contributed by atoms with Gasteiger partial charge < -0.3 is 20.9 Å². The summed E-state index contributed by atoms with van der Waals surface area (Å²) in [6.45, 7) is 6.30. The second-order valence-corrected chi connectivity index (χ2v) is 12.1. The number of hydrogen-bond donors (Lipinski definition) is 4. The molecule has 1 unspecified atom stereocenters. The average Bonchev–Trinajstić information content (AvgIpc) is 3.57. The number of amides is 3. The second-order valence-electron chi connectivity index (χ2n) is 12.1. The lowest BCUT2D eigenvalue weighted by molar-refractivity contribution is -0.142. The van der Waals surface area contributed by atoms with Gasteiger partial charge in [0.25, 0.3) is 5.91 Å². The largest absolute Gasteiger partial charge is 0.357 e. The molecule has 2 aromatic carbocycles. The molecule has 2 aliphatic rings. The SMILES string of the molecule is CC1(C)CCN(Cc2cc3ccccc3[nH]2)[C@H](C(=O)NC(C[C@@H]2CCNC2=O)C(=O)C(=O)NCc2ccccc2)C1. The molecule has 3 atom stereocenters. The Labute approximate surface area is 240 Å². The predicted molar refractivity (Wildman–Crippen MR) is 156 cm³/mol. The summed E-state index contributed by atoms with van der Waals surface area (Å²) in [6.07, 6.45) is 2.20. The molecule has 2 saturated heterocycles. The van der Waals surface area contributed by atoms with E-state index in [-0.39, 0.29) is 30.2 Å². The Bertz CT molecular complexity index is 1380. The number of nitrogens with one attached hydrogen (secondary N) is 4. The van der Waals surface area contributed by atoms with Crippen LogP contribution in [0.4, 0.5) is 0 Å². The van der Waals surface area contributed by atoms with Gasteiger partial charge in [-0.25, -0.2) is 0 Å². The van der Waals surface area contributed by atoms with Gasteiger partial charge in [-0.3, -0.25) is 24.1 Å². The van der Waals surface area contributed by atoms with Gasteiger partial charge in [0.05, 0.1) is 12.1 Å². The van der Waals surface area contributed by atoms with Crippen LogP contribution in [0.25, 0.3) is 10.9 Å². The van der Waals surface area contributed by atoms with Gasteiger partial charge in [0.15, 0.2) is 0 Å². The Morgan fingerprint density at radius 2 is 1.83 bits per heavy atom. The van der Waals surface area contributed by atoms with Crippen LogP contribution in [0.2, 0.25) is 0 Å². The molecule has 1 aromatic heterocycles. The predicted octanol–water partition coefficient (Wildman–Crippen LogP) is 3.06. The van der Waals surface area contributed by atoms with E-state index < -0.39 is 29.7 Å². The van der Waals surface area contributed by atoms with Gasteiger partial charge >= 0.3 is 0 Å². The molecular weight excluding hydrogens is 518 g/mol. The third kappa shape index (κ3) is 7.03. The minimum absolute atomic E-state index is 0.0587. The van der Waals surface area contributed by atoms with Crippen molar-refractivity contribution in [2.75, 3.05) is 13.1 Å². The summed E-state index contributed by atoms with van der Waals surface area (Å²) in [5.74, 6) is -2.37. The lowest BCUT2D eigenvalue weighted by atomic mass is 9.78. The number of piperidine rings is 1. The van der Waals surface area contributed by atoms with Crippen LogP contribution in [-0.4, -0.2) is 58.6 Å². The highest BCUT2D eigenvalue weighted by molar-refractivity contribution is 6.38. The Hall–Kier alpha value is -3.98. The van der Waals surface area contributed by atoms with Crippen LogP contribution in [0.3, 0.4) is 0 Å². The maximum Gasteiger partial charge on any atom is 0.289 e. The number of rotatable bonds is 10. The van der Waals surface area contributed by atoms with E-state index in [1.54, 1.807) is 0 Å². The Morgan fingerprint density at radius 1 is 1.07 bits per heavy atom. The average molecular weight is 558 g/mol. The molecule has 0 saturated carbocycles. The molecule has 0 bridgehead atoms. The molecule has 9 nitrogen and oxygen atoms in total. The quantitative estimate of drug-likeness (QED) is 0.286. The number of Topliss-reactive ketones (excluding diaryl/α,β-unsaturated/α-hetero) is 1. The number of likely N-dealkylation sites (tertiary alicyclic amines) is 1. The number of ketones is 1. The number of H-pyrrole nitrogens is 1. The molecular formula is C32H39N5O4. The van der Waals surface area contributed by atoms with Crippen molar-refractivity contribution in [3.63, 3.8) is 0 Å². The van der Waals surface area contributed by atoms with E-state index in [0.29, 0.717) is 25.9 Å². The molecule has 3 amide bonds. The van der Waals surface area contributed by atoms with Crippen molar-refractivity contribution in [3.05, 3.63) is 71.9 Å². The lowest BCUT2D eigenvalue weighted by Gasteiger charge is -2.42. The Morgan fingerprint density at radius 3 is 2.56 bits per heavy atom. The van der Waals surface area contributed by atoms with Crippen molar-refractivity contribution < 1.29 is 19.2 Å². The normalized spacial score (nSPS) is 21.3. The molecule has 0 radical (unpaired) electrons. The number of fused-ring (bicyclic) bond motifs is 1. The van der Waals surface area contributed by atoms with Gasteiger partial charge in [-0.05, 0) is 60.7 Å². The fourth-order valence-electron chi connectivity index (χ4n) is 5.92. The molecule has 0 aliphatic carbocycles. The molecule has 3 aromatic rings. The first-order chi connectivity index (χ1) is 19.7. The topological polar surface area (TPSA) is 123 Å². The maximum absolute atomic E-state index is 13.9. The zero-order chi connectivity index (χ0) is 29.0. The molecule has 5 rings (SSSR count). The number of aromatic amines is 1. The van der Waals surface area contributed by atoms with Crippen molar-refractivity contribution in [1.29, 1.82) is 0 Å². The molecule has 0 spiro atoms. The first-order valence-corrected chi connectivity index (χ1v) is 14.4. The van der Waals surface area contributed by atoms with E-state index in [1.807, 2.05) is 48.5 Å². The van der Waals surface area contributed by atoms with E-state index in [2.05, 4.69) is 51.8 Å². The van der Waals surface area contributed by atoms with E-state index >= 15 is 0 Å². The molecule has 9 heteroatoms. The summed E-state index contributed by atoms with van der Waals surface area (Å²) in [4.78, 5) is 58.2. The van der Waals surface area contributed by atoms with Crippen LogP contribution in [0.5, 0.6) is 0 Å². The fraction of sp³-hybridized carbons (Fsp3) is 0.438. The highest BCUT2D eigenvalue weighted by Crippen LogP contribution is 2.35. The van der Waals surface area contributed by atoms with Crippen molar-refractivity contribution in [1.82, 2.24) is 25.8 Å². The number of hydrogen-bond acceptors (Lipinski definition) is 5. The summed E-state index contributed by atoms with van der Waals surface area (Å²) in [5, 5.41) is 9.49. The molecule has 2 fully saturated rings. The van der Waals surface area contributed by atoms with E-state index in [9.17, 15) is 19.2 Å². The number of carbonyl (C=O) groups is 4. The third-order valence-corrected chi connectivity index (χ3v) is 8.36. The zero-order valence-corrected chi connectivity index (χ0v) is 23.7. The smallest absolute Gasteiger partial charge is 0.289 e.